The van der Waals surface area contributed by atoms with Gasteiger partial charge in [0, 0.05) is 51.5 Å². The minimum absolute atomic E-state index is 0.105. The van der Waals surface area contributed by atoms with Crippen LogP contribution >= 0.6 is 0 Å². The quantitative estimate of drug-likeness (QED) is 0.542. The van der Waals surface area contributed by atoms with Crippen molar-refractivity contribution < 1.29 is 17.9 Å². The first-order valence-electron chi connectivity index (χ1n) is 11.9. The zero-order chi connectivity index (χ0) is 24.4. The van der Waals surface area contributed by atoms with Gasteiger partial charge in [0.25, 0.3) is 0 Å². The van der Waals surface area contributed by atoms with E-state index in [-0.39, 0.29) is 17.5 Å². The molecule has 0 saturated carbocycles. The van der Waals surface area contributed by atoms with E-state index in [4.69, 9.17) is 9.47 Å². The van der Waals surface area contributed by atoms with Crippen molar-refractivity contribution in [1.29, 1.82) is 0 Å². The Kier molecular flexibility index (Phi) is 6.69. The molecule has 0 saturated heterocycles. The van der Waals surface area contributed by atoms with Crippen molar-refractivity contribution in [3.63, 3.8) is 0 Å². The molecule has 2 aliphatic rings. The van der Waals surface area contributed by atoms with Gasteiger partial charge in [-0.05, 0) is 47.4 Å². The summed E-state index contributed by atoms with van der Waals surface area (Å²) in [5, 5.41) is 0. The summed E-state index contributed by atoms with van der Waals surface area (Å²) in [6.45, 7) is 2.78. The third-order valence-electron chi connectivity index (χ3n) is 6.69. The second kappa shape index (κ2) is 9.89. The molecule has 8 heteroatoms. The van der Waals surface area contributed by atoms with E-state index in [0.717, 1.165) is 30.8 Å². The van der Waals surface area contributed by atoms with E-state index in [0.29, 0.717) is 24.7 Å². The van der Waals surface area contributed by atoms with Crippen LogP contribution in [0, 0.1) is 0 Å². The number of hydrogen-bond acceptors (Lipinski definition) is 6. The largest absolute Gasteiger partial charge is 0.486 e. The number of ether oxygens (including phenoxy) is 2. The van der Waals surface area contributed by atoms with Crippen molar-refractivity contribution in [3.05, 3.63) is 83.4 Å². The van der Waals surface area contributed by atoms with Crippen LogP contribution in [-0.2, 0) is 23.0 Å². The van der Waals surface area contributed by atoms with Crippen molar-refractivity contribution in [2.75, 3.05) is 45.3 Å². The highest BCUT2D eigenvalue weighted by atomic mass is 32.2. The summed E-state index contributed by atoms with van der Waals surface area (Å²) in [6.07, 6.45) is 0.942. The summed E-state index contributed by atoms with van der Waals surface area (Å²) in [5.74, 6) is 1.03. The molecule has 1 atom stereocenters. The molecule has 2 heterocycles. The van der Waals surface area contributed by atoms with Crippen LogP contribution in [0.2, 0.25) is 0 Å². The van der Waals surface area contributed by atoms with Gasteiger partial charge in [0.1, 0.15) is 13.2 Å². The Morgan fingerprint density at radius 1 is 0.943 bits per heavy atom. The maximum atomic E-state index is 13.2. The fourth-order valence-corrected chi connectivity index (χ4v) is 5.75. The molecule has 3 aromatic carbocycles. The van der Waals surface area contributed by atoms with Gasteiger partial charge in [0.2, 0.25) is 10.0 Å². The number of nitrogens with one attached hydrogen (secondary N) is 1. The average molecular weight is 494 g/mol. The lowest BCUT2D eigenvalue weighted by atomic mass is 9.96. The minimum atomic E-state index is -3.74. The van der Waals surface area contributed by atoms with Crippen molar-refractivity contribution in [3.8, 4) is 11.5 Å². The molecule has 184 valence electrons. The van der Waals surface area contributed by atoms with Crippen LogP contribution in [0.3, 0.4) is 0 Å². The van der Waals surface area contributed by atoms with Gasteiger partial charge in [0.05, 0.1) is 4.90 Å². The lowest BCUT2D eigenvalue weighted by Gasteiger charge is -2.36. The molecular weight excluding hydrogens is 462 g/mol. The molecule has 3 aromatic rings. The van der Waals surface area contributed by atoms with Crippen molar-refractivity contribution in [2.45, 2.75) is 23.9 Å². The second-order valence-corrected chi connectivity index (χ2v) is 10.9. The zero-order valence-corrected chi connectivity index (χ0v) is 20.9. The van der Waals surface area contributed by atoms with Gasteiger partial charge in [-0.25, -0.2) is 13.1 Å². The molecule has 35 heavy (non-hydrogen) atoms. The molecular formula is C27H31N3O4S. The standard InChI is InChI=1S/C27H31N3O4S/c1-29(2)23-9-7-21(8-10-23)25(30-14-13-20-5-3-4-6-22(20)19-30)18-28-35(31,32)24-11-12-26-27(17-24)34-16-15-33-26/h3-12,17,25,28H,13-16,18-19H2,1-2H3/t25-/m1/s1. The summed E-state index contributed by atoms with van der Waals surface area (Å²) < 4.78 is 40.5. The van der Waals surface area contributed by atoms with Gasteiger partial charge in [-0.3, -0.25) is 4.90 Å². The van der Waals surface area contributed by atoms with E-state index in [1.54, 1.807) is 12.1 Å². The van der Waals surface area contributed by atoms with Crippen LogP contribution in [-0.4, -0.2) is 53.7 Å². The first-order valence-corrected chi connectivity index (χ1v) is 13.4. The Morgan fingerprint density at radius 3 is 2.40 bits per heavy atom. The number of hydrogen-bond donors (Lipinski definition) is 1. The SMILES string of the molecule is CN(C)c1ccc([C@@H](CNS(=O)(=O)c2ccc3c(c2)OCCO3)N2CCc3ccccc3C2)cc1. The van der Waals surface area contributed by atoms with Crippen molar-refractivity contribution >= 4 is 15.7 Å². The van der Waals surface area contributed by atoms with Crippen LogP contribution in [0.5, 0.6) is 11.5 Å². The number of anilines is 1. The Bertz CT molecular complexity index is 1290. The van der Waals surface area contributed by atoms with Gasteiger partial charge < -0.3 is 14.4 Å². The minimum Gasteiger partial charge on any atom is -0.486 e. The van der Waals surface area contributed by atoms with E-state index in [1.165, 1.54) is 17.2 Å². The number of fused-ring (bicyclic) bond motifs is 2. The molecule has 0 aromatic heterocycles. The van der Waals surface area contributed by atoms with Crippen LogP contribution in [0.1, 0.15) is 22.7 Å². The van der Waals surface area contributed by atoms with Crippen LogP contribution < -0.4 is 19.1 Å². The smallest absolute Gasteiger partial charge is 0.240 e. The molecule has 0 amide bonds. The fourth-order valence-electron chi connectivity index (χ4n) is 4.70. The molecule has 0 unspecified atom stereocenters. The monoisotopic (exact) mass is 493 g/mol. The predicted octanol–water partition coefficient (Wildman–Crippen LogP) is 3.60. The van der Waals surface area contributed by atoms with Gasteiger partial charge in [-0.2, -0.15) is 0 Å². The molecule has 7 nitrogen and oxygen atoms in total. The van der Waals surface area contributed by atoms with Crippen LogP contribution in [0.25, 0.3) is 0 Å². The average Bonchev–Trinajstić information content (AvgIpc) is 2.88. The van der Waals surface area contributed by atoms with E-state index in [1.807, 2.05) is 14.1 Å². The van der Waals surface area contributed by atoms with E-state index < -0.39 is 10.0 Å². The molecule has 0 fully saturated rings. The van der Waals surface area contributed by atoms with Gasteiger partial charge in [0.15, 0.2) is 11.5 Å². The lowest BCUT2D eigenvalue weighted by Crippen LogP contribution is -2.40. The third-order valence-corrected chi connectivity index (χ3v) is 8.11. The Hall–Kier alpha value is -3.07. The van der Waals surface area contributed by atoms with Gasteiger partial charge in [-0.1, -0.05) is 36.4 Å². The maximum absolute atomic E-state index is 13.2. The summed E-state index contributed by atoms with van der Waals surface area (Å²) in [4.78, 5) is 4.59. The first-order chi connectivity index (χ1) is 16.9. The summed E-state index contributed by atoms with van der Waals surface area (Å²) in [6, 6.07) is 21.5. The highest BCUT2D eigenvalue weighted by Gasteiger charge is 2.27. The highest BCUT2D eigenvalue weighted by molar-refractivity contribution is 7.89. The highest BCUT2D eigenvalue weighted by Crippen LogP contribution is 2.33. The van der Waals surface area contributed by atoms with Gasteiger partial charge >= 0.3 is 0 Å². The van der Waals surface area contributed by atoms with Gasteiger partial charge in [-0.15, -0.1) is 0 Å². The van der Waals surface area contributed by atoms with Crippen LogP contribution in [0.15, 0.2) is 71.6 Å². The first kappa shape index (κ1) is 23.7. The molecule has 1 N–H and O–H groups in total. The zero-order valence-electron chi connectivity index (χ0n) is 20.1. The van der Waals surface area contributed by atoms with E-state index >= 15 is 0 Å². The third kappa shape index (κ3) is 5.15. The fraction of sp³-hybridized carbons (Fsp3) is 0.333. The summed E-state index contributed by atoms with van der Waals surface area (Å²) in [7, 11) is 0.281. The normalized spacial score (nSPS) is 16.4. The summed E-state index contributed by atoms with van der Waals surface area (Å²) in [5.41, 5.74) is 4.85. The van der Waals surface area contributed by atoms with Crippen molar-refractivity contribution in [2.24, 2.45) is 0 Å². The molecule has 0 bridgehead atoms. The number of sulfonamides is 1. The topological polar surface area (TPSA) is 71.1 Å². The van der Waals surface area contributed by atoms with Crippen LogP contribution in [0.4, 0.5) is 5.69 Å². The molecule has 0 radical (unpaired) electrons. The maximum Gasteiger partial charge on any atom is 0.240 e. The number of rotatable bonds is 7. The van der Waals surface area contributed by atoms with Crippen molar-refractivity contribution in [1.82, 2.24) is 9.62 Å². The second-order valence-electron chi connectivity index (χ2n) is 9.15. The number of benzene rings is 3. The molecule has 5 rings (SSSR count). The molecule has 0 aliphatic carbocycles. The Labute approximate surface area is 207 Å². The lowest BCUT2D eigenvalue weighted by molar-refractivity contribution is 0.171. The Morgan fingerprint density at radius 2 is 1.66 bits per heavy atom. The van der Waals surface area contributed by atoms with E-state index in [9.17, 15) is 8.42 Å². The molecule has 0 spiro atoms. The predicted molar refractivity (Wildman–Crippen MR) is 137 cm³/mol. The molecule has 2 aliphatic heterocycles. The number of nitrogens with zero attached hydrogens (tertiary/aromatic N) is 2. The van der Waals surface area contributed by atoms with E-state index in [2.05, 4.69) is 63.1 Å². The Balaban J connectivity index is 1.40. The summed E-state index contributed by atoms with van der Waals surface area (Å²) >= 11 is 0.